The number of rotatable bonds is 4. The van der Waals surface area contributed by atoms with Gasteiger partial charge < -0.3 is 5.32 Å². The van der Waals surface area contributed by atoms with Gasteiger partial charge in [-0.1, -0.05) is 24.6 Å². The maximum Gasteiger partial charge on any atom is 0.252 e. The first-order valence-corrected chi connectivity index (χ1v) is 7.79. The molecular weight excluding hydrogens is 292 g/mol. The van der Waals surface area contributed by atoms with Crippen LogP contribution in [0, 0.1) is 5.92 Å². The van der Waals surface area contributed by atoms with Crippen LogP contribution in [0.2, 0.25) is 5.02 Å². The molecule has 1 aliphatic rings. The average Bonchev–Trinajstić information content (AvgIpc) is 2.89. The molecule has 1 aliphatic carbocycles. The summed E-state index contributed by atoms with van der Waals surface area (Å²) in [6.45, 7) is 2.95. The fraction of sp³-hybridized carbons (Fsp3) is 0.333. The van der Waals surface area contributed by atoms with Crippen molar-refractivity contribution in [3.05, 3.63) is 51.4 Å². The first kappa shape index (κ1) is 13.6. The first-order chi connectivity index (χ1) is 9.61. The van der Waals surface area contributed by atoms with Crippen LogP contribution < -0.4 is 5.32 Å². The van der Waals surface area contributed by atoms with E-state index in [1.807, 2.05) is 0 Å². The standard InChI is InChI=1S/C15H15ClN2OS/c1-15(13-3-2-6-20-13)7-10(15)8-18-14(19)11-4-5-17-9-12(11)16/h2-6,9-10H,7-8H2,1H3,(H,18,19)/t10-,15-/m0/s1. The molecule has 3 nitrogen and oxygen atoms in total. The highest BCUT2D eigenvalue weighted by molar-refractivity contribution is 7.10. The zero-order chi connectivity index (χ0) is 14.2. The van der Waals surface area contributed by atoms with Crippen LogP contribution in [0.4, 0.5) is 0 Å². The quantitative estimate of drug-likeness (QED) is 0.939. The van der Waals surface area contributed by atoms with Gasteiger partial charge in [-0.2, -0.15) is 0 Å². The van der Waals surface area contributed by atoms with E-state index in [0.717, 1.165) is 6.42 Å². The number of thiophene rings is 1. The van der Waals surface area contributed by atoms with Crippen molar-refractivity contribution in [1.29, 1.82) is 0 Å². The molecule has 104 valence electrons. The summed E-state index contributed by atoms with van der Waals surface area (Å²) in [5.74, 6) is 0.378. The van der Waals surface area contributed by atoms with Gasteiger partial charge in [0.2, 0.25) is 0 Å². The number of carbonyl (C=O) groups excluding carboxylic acids is 1. The summed E-state index contributed by atoms with van der Waals surface area (Å²) in [5.41, 5.74) is 0.712. The third-order valence-corrected chi connectivity index (χ3v) is 5.47. The second-order valence-corrected chi connectivity index (χ2v) is 6.72. The first-order valence-electron chi connectivity index (χ1n) is 6.53. The van der Waals surface area contributed by atoms with Gasteiger partial charge in [-0.3, -0.25) is 9.78 Å². The van der Waals surface area contributed by atoms with Crippen LogP contribution in [0.5, 0.6) is 0 Å². The Hall–Kier alpha value is -1.39. The maximum absolute atomic E-state index is 12.1. The van der Waals surface area contributed by atoms with Crippen molar-refractivity contribution in [3.8, 4) is 0 Å². The number of nitrogens with zero attached hydrogens (tertiary/aromatic N) is 1. The lowest BCUT2D eigenvalue weighted by molar-refractivity contribution is 0.0951. The topological polar surface area (TPSA) is 42.0 Å². The molecular formula is C15H15ClN2OS. The van der Waals surface area contributed by atoms with E-state index in [1.165, 1.54) is 11.1 Å². The number of aromatic nitrogens is 1. The molecule has 2 aromatic rings. The summed E-state index contributed by atoms with van der Waals surface area (Å²) >= 11 is 7.75. The summed E-state index contributed by atoms with van der Waals surface area (Å²) < 4.78 is 0. The number of pyridine rings is 1. The molecule has 0 radical (unpaired) electrons. The van der Waals surface area contributed by atoms with Crippen molar-refractivity contribution in [2.75, 3.05) is 6.54 Å². The molecule has 2 atom stereocenters. The molecule has 0 bridgehead atoms. The van der Waals surface area contributed by atoms with Gasteiger partial charge in [0, 0.05) is 29.2 Å². The van der Waals surface area contributed by atoms with E-state index in [2.05, 4.69) is 34.7 Å². The van der Waals surface area contributed by atoms with Crippen molar-refractivity contribution in [2.24, 2.45) is 5.92 Å². The van der Waals surface area contributed by atoms with Crippen LogP contribution in [0.15, 0.2) is 36.0 Å². The zero-order valence-electron chi connectivity index (χ0n) is 11.1. The highest BCUT2D eigenvalue weighted by Gasteiger charge is 2.51. The van der Waals surface area contributed by atoms with Crippen LogP contribution in [0.1, 0.15) is 28.6 Å². The molecule has 5 heteroatoms. The van der Waals surface area contributed by atoms with Gasteiger partial charge in [0.25, 0.3) is 5.91 Å². The van der Waals surface area contributed by atoms with Crippen molar-refractivity contribution in [2.45, 2.75) is 18.8 Å². The Morgan fingerprint density at radius 2 is 2.45 bits per heavy atom. The fourth-order valence-electron chi connectivity index (χ4n) is 2.53. The zero-order valence-corrected chi connectivity index (χ0v) is 12.7. The Morgan fingerprint density at radius 3 is 3.15 bits per heavy atom. The average molecular weight is 307 g/mol. The Morgan fingerprint density at radius 1 is 1.60 bits per heavy atom. The lowest BCUT2D eigenvalue weighted by Gasteiger charge is -2.10. The molecule has 20 heavy (non-hydrogen) atoms. The van der Waals surface area contributed by atoms with E-state index >= 15 is 0 Å². The summed E-state index contributed by atoms with van der Waals surface area (Å²) in [6.07, 6.45) is 4.19. The minimum atomic E-state index is -0.127. The Balaban J connectivity index is 1.59. The summed E-state index contributed by atoms with van der Waals surface area (Å²) in [5, 5.41) is 5.47. The third kappa shape index (κ3) is 2.45. The number of halogens is 1. The molecule has 0 aliphatic heterocycles. The van der Waals surface area contributed by atoms with Crippen molar-refractivity contribution in [1.82, 2.24) is 10.3 Å². The molecule has 2 heterocycles. The lowest BCUT2D eigenvalue weighted by atomic mass is 10.0. The largest absolute Gasteiger partial charge is 0.352 e. The highest BCUT2D eigenvalue weighted by Crippen LogP contribution is 2.54. The molecule has 3 rings (SSSR count). The van der Waals surface area contributed by atoms with Gasteiger partial charge in [-0.05, 0) is 29.9 Å². The second-order valence-electron chi connectivity index (χ2n) is 5.36. The minimum Gasteiger partial charge on any atom is -0.352 e. The summed E-state index contributed by atoms with van der Waals surface area (Å²) in [7, 11) is 0. The Kier molecular flexibility index (Phi) is 3.52. The van der Waals surface area contributed by atoms with Gasteiger partial charge >= 0.3 is 0 Å². The van der Waals surface area contributed by atoms with Gasteiger partial charge in [0.15, 0.2) is 0 Å². The molecule has 1 N–H and O–H groups in total. The van der Waals surface area contributed by atoms with E-state index in [0.29, 0.717) is 23.0 Å². The van der Waals surface area contributed by atoms with Crippen LogP contribution >= 0.6 is 22.9 Å². The number of hydrogen-bond acceptors (Lipinski definition) is 3. The van der Waals surface area contributed by atoms with Crippen LogP contribution in [0.3, 0.4) is 0 Å². The van der Waals surface area contributed by atoms with Crippen LogP contribution in [0.25, 0.3) is 0 Å². The predicted octanol–water partition coefficient (Wildman–Crippen LogP) is 3.50. The SMILES string of the molecule is C[C@]1(c2cccs2)C[C@H]1CNC(=O)c1ccncc1Cl. The second kappa shape index (κ2) is 5.19. The van der Waals surface area contributed by atoms with E-state index < -0.39 is 0 Å². The van der Waals surface area contributed by atoms with E-state index in [9.17, 15) is 4.79 Å². The van der Waals surface area contributed by atoms with Crippen molar-refractivity contribution >= 4 is 28.8 Å². The Labute approximate surface area is 127 Å². The van der Waals surface area contributed by atoms with E-state index in [1.54, 1.807) is 23.6 Å². The molecule has 0 spiro atoms. The minimum absolute atomic E-state index is 0.127. The number of carbonyl (C=O) groups is 1. The lowest BCUT2D eigenvalue weighted by Crippen LogP contribution is -2.27. The number of hydrogen-bond donors (Lipinski definition) is 1. The van der Waals surface area contributed by atoms with Crippen LogP contribution in [-0.4, -0.2) is 17.4 Å². The highest BCUT2D eigenvalue weighted by atomic mass is 35.5. The Bertz CT molecular complexity index is 629. The van der Waals surface area contributed by atoms with Crippen molar-refractivity contribution in [3.63, 3.8) is 0 Å². The van der Waals surface area contributed by atoms with Crippen LogP contribution in [-0.2, 0) is 5.41 Å². The van der Waals surface area contributed by atoms with E-state index in [-0.39, 0.29) is 11.3 Å². The van der Waals surface area contributed by atoms with Gasteiger partial charge in [0.1, 0.15) is 0 Å². The monoisotopic (exact) mass is 306 g/mol. The number of amides is 1. The third-order valence-electron chi connectivity index (χ3n) is 4.02. The van der Waals surface area contributed by atoms with E-state index in [4.69, 9.17) is 11.6 Å². The van der Waals surface area contributed by atoms with Gasteiger partial charge in [-0.15, -0.1) is 11.3 Å². The molecule has 0 saturated heterocycles. The molecule has 2 aromatic heterocycles. The fourth-order valence-corrected chi connectivity index (χ4v) is 3.71. The smallest absolute Gasteiger partial charge is 0.252 e. The molecule has 0 aromatic carbocycles. The summed E-state index contributed by atoms with van der Waals surface area (Å²) in [4.78, 5) is 17.4. The summed E-state index contributed by atoms with van der Waals surface area (Å²) in [6, 6.07) is 5.89. The number of nitrogens with one attached hydrogen (secondary N) is 1. The maximum atomic E-state index is 12.1. The predicted molar refractivity (Wildman–Crippen MR) is 81.4 cm³/mol. The normalized spacial score (nSPS) is 24.4. The molecule has 0 unspecified atom stereocenters. The molecule has 1 saturated carbocycles. The van der Waals surface area contributed by atoms with Gasteiger partial charge in [-0.25, -0.2) is 0 Å². The van der Waals surface area contributed by atoms with Gasteiger partial charge in [0.05, 0.1) is 10.6 Å². The molecule has 1 fully saturated rings. The molecule has 1 amide bonds. The van der Waals surface area contributed by atoms with Crippen molar-refractivity contribution < 1.29 is 4.79 Å².